The number of amides is 3. The molecule has 2 heterocycles. The van der Waals surface area contributed by atoms with E-state index in [1.165, 1.54) is 4.90 Å². The minimum atomic E-state index is -0.442. The zero-order chi connectivity index (χ0) is 27.2. The van der Waals surface area contributed by atoms with Crippen LogP contribution < -0.4 is 20.5 Å². The van der Waals surface area contributed by atoms with Crippen molar-refractivity contribution >= 4 is 17.7 Å². The van der Waals surface area contributed by atoms with Gasteiger partial charge in [0.15, 0.2) is 0 Å². The van der Waals surface area contributed by atoms with Crippen LogP contribution in [0.25, 0.3) is 0 Å². The lowest BCUT2D eigenvalue weighted by Gasteiger charge is -2.39. The van der Waals surface area contributed by atoms with Crippen LogP contribution in [0.1, 0.15) is 43.1 Å². The second-order valence-corrected chi connectivity index (χ2v) is 9.78. The number of hydrogen-bond acceptors (Lipinski definition) is 7. The minimum Gasteiger partial charge on any atom is -0.491 e. The lowest BCUT2D eigenvalue weighted by Crippen LogP contribution is -2.59. The van der Waals surface area contributed by atoms with Gasteiger partial charge in [-0.25, -0.2) is 0 Å². The Morgan fingerprint density at radius 1 is 1.18 bits per heavy atom. The smallest absolute Gasteiger partial charge is 0.254 e. The Morgan fingerprint density at radius 2 is 2.00 bits per heavy atom. The maximum absolute atomic E-state index is 13.5. The van der Waals surface area contributed by atoms with E-state index in [0.29, 0.717) is 48.9 Å². The van der Waals surface area contributed by atoms with Crippen molar-refractivity contribution in [1.82, 2.24) is 15.1 Å². The number of nitrogens with one attached hydrogen (secondary N) is 1. The van der Waals surface area contributed by atoms with Crippen molar-refractivity contribution in [2.75, 3.05) is 32.7 Å². The number of ether oxygens (including phenoxy) is 3. The molecule has 2 aliphatic rings. The number of piperidine rings is 1. The van der Waals surface area contributed by atoms with Crippen molar-refractivity contribution in [2.24, 2.45) is 5.73 Å². The number of benzene rings is 2. The summed E-state index contributed by atoms with van der Waals surface area (Å²) in [7, 11) is 0. The van der Waals surface area contributed by atoms with Gasteiger partial charge in [-0.05, 0) is 57.0 Å². The first kappa shape index (κ1) is 27.4. The molecule has 0 unspecified atom stereocenters. The van der Waals surface area contributed by atoms with Crippen molar-refractivity contribution in [3.05, 3.63) is 53.6 Å². The molecular weight excluding hydrogens is 488 g/mol. The van der Waals surface area contributed by atoms with E-state index in [2.05, 4.69) is 5.32 Å². The summed E-state index contributed by atoms with van der Waals surface area (Å²) in [6, 6.07) is 12.1. The Bertz CT molecular complexity index is 1170. The molecule has 2 atom stereocenters. The molecule has 1 fully saturated rings. The molecule has 10 nitrogen and oxygen atoms in total. The van der Waals surface area contributed by atoms with E-state index in [1.54, 1.807) is 23.1 Å². The van der Waals surface area contributed by atoms with Gasteiger partial charge in [-0.15, -0.1) is 0 Å². The van der Waals surface area contributed by atoms with Crippen molar-refractivity contribution in [1.29, 1.82) is 0 Å². The number of carbonyl (C=O) groups excluding carboxylic acids is 3. The number of fused-ring (bicyclic) bond motifs is 5. The Labute approximate surface area is 223 Å². The summed E-state index contributed by atoms with van der Waals surface area (Å²) in [5.41, 5.74) is 6.82. The van der Waals surface area contributed by atoms with Gasteiger partial charge in [0.2, 0.25) is 11.8 Å². The van der Waals surface area contributed by atoms with Crippen LogP contribution in [0.4, 0.5) is 0 Å². The highest BCUT2D eigenvalue weighted by Crippen LogP contribution is 2.30. The van der Waals surface area contributed by atoms with Gasteiger partial charge in [0.25, 0.3) is 5.91 Å². The molecule has 0 saturated carbocycles. The zero-order valence-corrected chi connectivity index (χ0v) is 22.1. The first-order valence-corrected chi connectivity index (χ1v) is 13.0. The molecule has 0 aliphatic carbocycles. The summed E-state index contributed by atoms with van der Waals surface area (Å²) in [4.78, 5) is 42.0. The third kappa shape index (κ3) is 6.81. The van der Waals surface area contributed by atoms with E-state index in [0.717, 1.165) is 5.56 Å². The quantitative estimate of drug-likeness (QED) is 0.629. The molecule has 2 aliphatic heterocycles. The van der Waals surface area contributed by atoms with Crippen LogP contribution in [-0.2, 0) is 20.9 Å². The molecule has 2 aromatic carbocycles. The van der Waals surface area contributed by atoms with Crippen LogP contribution in [0.15, 0.2) is 42.5 Å². The van der Waals surface area contributed by atoms with E-state index in [-0.39, 0.29) is 49.6 Å². The minimum absolute atomic E-state index is 0.0985. The summed E-state index contributed by atoms with van der Waals surface area (Å²) >= 11 is 0. The van der Waals surface area contributed by atoms with Crippen molar-refractivity contribution < 1.29 is 28.6 Å². The van der Waals surface area contributed by atoms with Gasteiger partial charge in [-0.3, -0.25) is 14.4 Å². The van der Waals surface area contributed by atoms with Crippen molar-refractivity contribution in [3.8, 4) is 17.2 Å². The van der Waals surface area contributed by atoms with Gasteiger partial charge in [0.1, 0.15) is 17.2 Å². The summed E-state index contributed by atoms with van der Waals surface area (Å²) in [5, 5.41) is 3.00. The highest BCUT2D eigenvalue weighted by molar-refractivity contribution is 5.97. The predicted octanol–water partition coefficient (Wildman–Crippen LogP) is 2.30. The molecule has 0 radical (unpaired) electrons. The second-order valence-electron chi connectivity index (χ2n) is 9.78. The Morgan fingerprint density at radius 3 is 2.74 bits per heavy atom. The normalized spacial score (nSPS) is 20.4. The van der Waals surface area contributed by atoms with E-state index in [1.807, 2.05) is 45.0 Å². The van der Waals surface area contributed by atoms with E-state index in [9.17, 15) is 14.4 Å². The topological polar surface area (TPSA) is 123 Å². The number of carbonyl (C=O) groups is 3. The molecular formula is C28H36N4O6. The van der Waals surface area contributed by atoms with Gasteiger partial charge < -0.3 is 35.1 Å². The molecule has 0 spiro atoms. The Balaban J connectivity index is 1.69. The first-order chi connectivity index (χ1) is 18.2. The van der Waals surface area contributed by atoms with Gasteiger partial charge in [0.05, 0.1) is 37.9 Å². The van der Waals surface area contributed by atoms with Crippen LogP contribution in [-0.4, -0.2) is 78.5 Å². The van der Waals surface area contributed by atoms with Gasteiger partial charge in [0, 0.05) is 31.3 Å². The number of nitrogens with zero attached hydrogens (tertiary/aromatic N) is 2. The molecule has 3 N–H and O–H groups in total. The fourth-order valence-electron chi connectivity index (χ4n) is 4.69. The number of nitrogens with two attached hydrogens (primary N) is 1. The standard InChI is InChI=1S/C28H36N4O6/c1-4-31-16-26(33)30-24-15-32(27(34)14-29)9-8-25(24)36-17-19-6-5-7-21(10-19)38-23-12-20(28(31)35)11-22(13-23)37-18(2)3/h5-7,10-13,18,24-25H,4,8-9,14-17,29H2,1-3H3,(H,30,33)/t24-,25-/m0/s1. The SMILES string of the molecule is CCN1CC(=O)N[C@H]2CN(C(=O)CN)CC[C@@H]2OCc2cccc(c2)Oc2cc(OC(C)C)cc(c2)C1=O. The lowest BCUT2D eigenvalue weighted by molar-refractivity contribution is -0.136. The molecule has 38 heavy (non-hydrogen) atoms. The summed E-state index contributed by atoms with van der Waals surface area (Å²) in [6.45, 7) is 6.78. The van der Waals surface area contributed by atoms with Crippen LogP contribution in [0.3, 0.4) is 0 Å². The lowest BCUT2D eigenvalue weighted by atomic mass is 10.0. The van der Waals surface area contributed by atoms with Gasteiger partial charge in [-0.2, -0.15) is 0 Å². The van der Waals surface area contributed by atoms with Crippen LogP contribution in [0.5, 0.6) is 17.2 Å². The number of likely N-dealkylation sites (N-methyl/N-ethyl adjacent to an activating group) is 1. The Kier molecular flexibility index (Phi) is 8.85. The fourth-order valence-corrected chi connectivity index (χ4v) is 4.69. The summed E-state index contributed by atoms with van der Waals surface area (Å²) in [6.07, 6.45) is 0.133. The van der Waals surface area contributed by atoms with Crippen LogP contribution in [0.2, 0.25) is 0 Å². The second kappa shape index (κ2) is 12.3. The third-order valence-electron chi connectivity index (χ3n) is 6.52. The van der Waals surface area contributed by atoms with Gasteiger partial charge >= 0.3 is 0 Å². The predicted molar refractivity (Wildman–Crippen MR) is 141 cm³/mol. The van der Waals surface area contributed by atoms with Crippen molar-refractivity contribution in [2.45, 2.75) is 52.0 Å². The van der Waals surface area contributed by atoms with Crippen LogP contribution in [0, 0.1) is 0 Å². The number of rotatable bonds is 4. The molecule has 0 aromatic heterocycles. The maximum atomic E-state index is 13.5. The Hall–Kier alpha value is -3.63. The maximum Gasteiger partial charge on any atom is 0.254 e. The first-order valence-electron chi connectivity index (χ1n) is 13.0. The highest BCUT2D eigenvalue weighted by Gasteiger charge is 2.33. The molecule has 1 saturated heterocycles. The number of likely N-dealkylation sites (tertiary alicyclic amines) is 1. The van der Waals surface area contributed by atoms with E-state index < -0.39 is 6.04 Å². The summed E-state index contributed by atoms with van der Waals surface area (Å²) < 4.78 is 18.3. The van der Waals surface area contributed by atoms with Gasteiger partial charge in [-0.1, -0.05) is 12.1 Å². The highest BCUT2D eigenvalue weighted by atomic mass is 16.5. The fraction of sp³-hybridized carbons (Fsp3) is 0.464. The molecule has 204 valence electrons. The third-order valence-corrected chi connectivity index (χ3v) is 6.52. The average molecular weight is 525 g/mol. The largest absolute Gasteiger partial charge is 0.491 e. The van der Waals surface area contributed by atoms with Crippen LogP contribution >= 0.6 is 0 Å². The molecule has 2 aromatic rings. The zero-order valence-electron chi connectivity index (χ0n) is 22.1. The average Bonchev–Trinajstić information content (AvgIpc) is 2.89. The molecule has 3 amide bonds. The molecule has 4 rings (SSSR count). The number of hydrogen-bond donors (Lipinski definition) is 2. The summed E-state index contributed by atoms with van der Waals surface area (Å²) in [5.74, 6) is 0.712. The monoisotopic (exact) mass is 524 g/mol. The molecule has 4 bridgehead atoms. The van der Waals surface area contributed by atoms with E-state index >= 15 is 0 Å². The molecule has 10 heteroatoms. The van der Waals surface area contributed by atoms with Crippen molar-refractivity contribution in [3.63, 3.8) is 0 Å². The van der Waals surface area contributed by atoms with E-state index in [4.69, 9.17) is 19.9 Å².